The largest absolute Gasteiger partial charge is 0.352 e. The molecule has 4 nitrogen and oxygen atoms in total. The van der Waals surface area contributed by atoms with E-state index < -0.39 is 6.04 Å². The molecule has 0 saturated heterocycles. The molecule has 0 spiro atoms. The second kappa shape index (κ2) is 10.4. The zero-order valence-corrected chi connectivity index (χ0v) is 17.9. The van der Waals surface area contributed by atoms with Gasteiger partial charge >= 0.3 is 0 Å². The smallest absolute Gasteiger partial charge is 0.243 e. The molecule has 1 aliphatic carbocycles. The van der Waals surface area contributed by atoms with Crippen LogP contribution in [0.1, 0.15) is 55.7 Å². The van der Waals surface area contributed by atoms with Crippen LogP contribution in [-0.2, 0) is 22.6 Å². The molecule has 1 N–H and O–H groups in total. The summed E-state index contributed by atoms with van der Waals surface area (Å²) >= 11 is 0. The molecule has 2 amide bonds. The number of benzene rings is 2. The van der Waals surface area contributed by atoms with E-state index in [4.69, 9.17) is 0 Å². The summed E-state index contributed by atoms with van der Waals surface area (Å²) in [7, 11) is 0. The SMILES string of the molecule is CC[C@@H](C(=O)NC1CCCC1)N(Cc1ccc(C)cc1)C(=O)Cc1ccc(F)cc1. The molecular weight excluding hydrogens is 379 g/mol. The van der Waals surface area contributed by atoms with Crippen molar-refractivity contribution in [2.75, 3.05) is 0 Å². The highest BCUT2D eigenvalue weighted by Crippen LogP contribution is 2.20. The van der Waals surface area contributed by atoms with Crippen LogP contribution in [0.5, 0.6) is 0 Å². The van der Waals surface area contributed by atoms with E-state index in [2.05, 4.69) is 5.32 Å². The molecule has 1 fully saturated rings. The Morgan fingerprint density at radius 1 is 1.03 bits per heavy atom. The number of nitrogens with one attached hydrogen (secondary N) is 1. The van der Waals surface area contributed by atoms with Gasteiger partial charge in [-0.2, -0.15) is 0 Å². The first-order valence-electron chi connectivity index (χ1n) is 10.9. The predicted molar refractivity (Wildman–Crippen MR) is 116 cm³/mol. The van der Waals surface area contributed by atoms with E-state index in [1.54, 1.807) is 17.0 Å². The Morgan fingerprint density at radius 3 is 2.23 bits per heavy atom. The summed E-state index contributed by atoms with van der Waals surface area (Å²) < 4.78 is 13.2. The van der Waals surface area contributed by atoms with Gasteiger partial charge in [0.25, 0.3) is 0 Å². The molecule has 0 bridgehead atoms. The molecule has 2 aromatic carbocycles. The van der Waals surface area contributed by atoms with Gasteiger partial charge < -0.3 is 10.2 Å². The molecule has 0 aliphatic heterocycles. The van der Waals surface area contributed by atoms with Crippen LogP contribution in [-0.4, -0.2) is 28.8 Å². The lowest BCUT2D eigenvalue weighted by Crippen LogP contribution is -2.51. The van der Waals surface area contributed by atoms with E-state index in [0.29, 0.717) is 13.0 Å². The number of halogens is 1. The van der Waals surface area contributed by atoms with Crippen molar-refractivity contribution in [2.45, 2.75) is 71.0 Å². The molecule has 1 aliphatic rings. The van der Waals surface area contributed by atoms with Crippen molar-refractivity contribution in [2.24, 2.45) is 0 Å². The molecule has 0 aromatic heterocycles. The summed E-state index contributed by atoms with van der Waals surface area (Å²) in [5, 5.41) is 3.15. The molecule has 0 heterocycles. The van der Waals surface area contributed by atoms with Crippen LogP contribution in [0.25, 0.3) is 0 Å². The maximum Gasteiger partial charge on any atom is 0.243 e. The Bertz CT molecular complexity index is 842. The van der Waals surface area contributed by atoms with E-state index in [0.717, 1.165) is 42.4 Å². The van der Waals surface area contributed by atoms with E-state index in [9.17, 15) is 14.0 Å². The monoisotopic (exact) mass is 410 g/mol. The van der Waals surface area contributed by atoms with E-state index in [1.807, 2.05) is 38.1 Å². The fourth-order valence-corrected chi connectivity index (χ4v) is 4.06. The minimum absolute atomic E-state index is 0.0797. The number of nitrogens with zero attached hydrogens (tertiary/aromatic N) is 1. The third kappa shape index (κ3) is 5.91. The lowest BCUT2D eigenvalue weighted by Gasteiger charge is -2.31. The topological polar surface area (TPSA) is 49.4 Å². The molecule has 30 heavy (non-hydrogen) atoms. The molecule has 5 heteroatoms. The lowest BCUT2D eigenvalue weighted by molar-refractivity contribution is -0.141. The molecule has 1 atom stereocenters. The van der Waals surface area contributed by atoms with E-state index >= 15 is 0 Å². The van der Waals surface area contributed by atoms with Gasteiger partial charge in [0.15, 0.2) is 0 Å². The van der Waals surface area contributed by atoms with Crippen LogP contribution < -0.4 is 5.32 Å². The minimum atomic E-state index is -0.528. The summed E-state index contributed by atoms with van der Waals surface area (Å²) in [4.78, 5) is 28.0. The first kappa shape index (κ1) is 22.0. The summed E-state index contributed by atoms with van der Waals surface area (Å²) in [6, 6.07) is 13.7. The zero-order chi connectivity index (χ0) is 21.5. The Morgan fingerprint density at radius 2 is 1.63 bits per heavy atom. The van der Waals surface area contributed by atoms with Crippen molar-refractivity contribution < 1.29 is 14.0 Å². The normalized spacial score (nSPS) is 15.0. The van der Waals surface area contributed by atoms with Gasteiger partial charge in [-0.15, -0.1) is 0 Å². The Balaban J connectivity index is 1.80. The molecule has 0 radical (unpaired) electrons. The average Bonchev–Trinajstić information content (AvgIpc) is 3.24. The van der Waals surface area contributed by atoms with Crippen LogP contribution in [0.15, 0.2) is 48.5 Å². The molecule has 160 valence electrons. The van der Waals surface area contributed by atoms with Crippen LogP contribution >= 0.6 is 0 Å². The molecule has 1 saturated carbocycles. The summed E-state index contributed by atoms with van der Waals surface area (Å²) in [5.41, 5.74) is 2.87. The average molecular weight is 411 g/mol. The highest BCUT2D eigenvalue weighted by atomic mass is 19.1. The van der Waals surface area contributed by atoms with Gasteiger partial charge in [0.2, 0.25) is 11.8 Å². The van der Waals surface area contributed by atoms with Crippen molar-refractivity contribution in [1.29, 1.82) is 0 Å². The molecule has 3 rings (SSSR count). The van der Waals surface area contributed by atoms with Crippen LogP contribution in [0.2, 0.25) is 0 Å². The van der Waals surface area contributed by atoms with Gasteiger partial charge in [0, 0.05) is 12.6 Å². The Kier molecular flexibility index (Phi) is 7.61. The van der Waals surface area contributed by atoms with Crippen LogP contribution in [0.3, 0.4) is 0 Å². The number of amides is 2. The van der Waals surface area contributed by atoms with Crippen LogP contribution in [0.4, 0.5) is 4.39 Å². The number of aryl methyl sites for hydroxylation is 1. The van der Waals surface area contributed by atoms with Gasteiger partial charge in [-0.25, -0.2) is 4.39 Å². The number of carbonyl (C=O) groups excluding carboxylic acids is 2. The first-order valence-corrected chi connectivity index (χ1v) is 10.9. The number of carbonyl (C=O) groups is 2. The van der Waals surface area contributed by atoms with Crippen molar-refractivity contribution in [1.82, 2.24) is 10.2 Å². The second-order valence-electron chi connectivity index (χ2n) is 8.22. The first-order chi connectivity index (χ1) is 14.5. The maximum absolute atomic E-state index is 13.3. The third-order valence-corrected chi connectivity index (χ3v) is 5.83. The lowest BCUT2D eigenvalue weighted by atomic mass is 10.1. The van der Waals surface area contributed by atoms with E-state index in [-0.39, 0.29) is 30.1 Å². The standard InChI is InChI=1S/C25H31FN2O2/c1-3-23(25(30)27-22-6-4-5-7-22)28(17-20-10-8-18(2)9-11-20)24(29)16-19-12-14-21(26)15-13-19/h8-15,22-23H,3-7,16-17H2,1-2H3,(H,27,30)/t23-/m0/s1. The van der Waals surface area contributed by atoms with Gasteiger partial charge in [-0.05, 0) is 49.4 Å². The highest BCUT2D eigenvalue weighted by molar-refractivity contribution is 5.88. The number of hydrogen-bond donors (Lipinski definition) is 1. The number of hydrogen-bond acceptors (Lipinski definition) is 2. The van der Waals surface area contributed by atoms with Crippen molar-refractivity contribution in [3.8, 4) is 0 Å². The Labute approximate surface area is 178 Å². The third-order valence-electron chi connectivity index (χ3n) is 5.83. The Hall–Kier alpha value is -2.69. The maximum atomic E-state index is 13.3. The van der Waals surface area contributed by atoms with Gasteiger partial charge in [-0.3, -0.25) is 9.59 Å². The predicted octanol–water partition coefficient (Wildman–Crippen LogP) is 4.54. The molecule has 2 aromatic rings. The minimum Gasteiger partial charge on any atom is -0.352 e. The highest BCUT2D eigenvalue weighted by Gasteiger charge is 2.30. The quantitative estimate of drug-likeness (QED) is 0.694. The van der Waals surface area contributed by atoms with Gasteiger partial charge in [0.05, 0.1) is 6.42 Å². The fraction of sp³-hybridized carbons (Fsp3) is 0.440. The zero-order valence-electron chi connectivity index (χ0n) is 17.9. The van der Waals surface area contributed by atoms with Crippen molar-refractivity contribution in [3.05, 3.63) is 71.0 Å². The van der Waals surface area contributed by atoms with Gasteiger partial charge in [-0.1, -0.05) is 61.7 Å². The van der Waals surface area contributed by atoms with Crippen molar-refractivity contribution in [3.63, 3.8) is 0 Å². The summed E-state index contributed by atoms with van der Waals surface area (Å²) in [5.74, 6) is -0.537. The second-order valence-corrected chi connectivity index (χ2v) is 8.22. The summed E-state index contributed by atoms with van der Waals surface area (Å²) in [6.07, 6.45) is 4.96. The van der Waals surface area contributed by atoms with Crippen LogP contribution in [0, 0.1) is 12.7 Å². The van der Waals surface area contributed by atoms with Gasteiger partial charge in [0.1, 0.15) is 11.9 Å². The fourth-order valence-electron chi connectivity index (χ4n) is 4.06. The summed E-state index contributed by atoms with van der Waals surface area (Å²) in [6.45, 7) is 4.33. The van der Waals surface area contributed by atoms with Crippen molar-refractivity contribution >= 4 is 11.8 Å². The number of rotatable bonds is 8. The molecule has 0 unspecified atom stereocenters. The molecular formula is C25H31FN2O2. The van der Waals surface area contributed by atoms with E-state index in [1.165, 1.54) is 12.1 Å².